The third-order valence-electron chi connectivity index (χ3n) is 0.870. The Labute approximate surface area is 103 Å². The molecule has 0 fully saturated rings. The number of carboxylic acids is 1. The Bertz CT molecular complexity index is 122. The first-order chi connectivity index (χ1) is 4.16. The molecule has 0 amide bonds. The maximum atomic E-state index is 10.4. The van der Waals surface area contributed by atoms with Gasteiger partial charge in [0.25, 0.3) is 0 Å². The fraction of sp³-hybridized carbons (Fsp3) is 0.667. The van der Waals surface area contributed by atoms with E-state index in [1.165, 1.54) is 0 Å². The number of carboxylic acid groups (broad SMARTS) is 1. The van der Waals surface area contributed by atoms with Gasteiger partial charge >= 0.3 is 51.4 Å². The van der Waals surface area contributed by atoms with E-state index in [4.69, 9.17) is 0 Å². The summed E-state index contributed by atoms with van der Waals surface area (Å²) in [6.07, 6.45) is 0.605. The van der Waals surface area contributed by atoms with Crippen molar-refractivity contribution in [3.63, 3.8) is 0 Å². The van der Waals surface area contributed by atoms with Crippen molar-refractivity contribution in [2.75, 3.05) is 0 Å². The van der Waals surface area contributed by atoms with E-state index in [1.807, 2.05) is 6.92 Å². The van der Waals surface area contributed by atoms with E-state index >= 15 is 0 Å². The molecular formula is C6H9KO3. The topological polar surface area (TPSA) is 57.2 Å². The standard InChI is InChI=1S/C6H10O3.K/c1-2-3-5(7)4-6(8)9;/h2-4H2,1H3,(H,8,9);/q;+1/p-1. The molecular weight excluding hydrogens is 159 g/mol. The van der Waals surface area contributed by atoms with Gasteiger partial charge in [0, 0.05) is 18.8 Å². The van der Waals surface area contributed by atoms with Gasteiger partial charge in [-0.3, -0.25) is 4.79 Å². The fourth-order valence-electron chi connectivity index (χ4n) is 0.528. The summed E-state index contributed by atoms with van der Waals surface area (Å²) in [5.74, 6) is -1.54. The average molecular weight is 168 g/mol. The third-order valence-corrected chi connectivity index (χ3v) is 0.870. The van der Waals surface area contributed by atoms with E-state index < -0.39 is 12.4 Å². The van der Waals surface area contributed by atoms with Crippen LogP contribution in [0.25, 0.3) is 0 Å². The van der Waals surface area contributed by atoms with Crippen LogP contribution in [0.3, 0.4) is 0 Å². The van der Waals surface area contributed by atoms with Gasteiger partial charge < -0.3 is 9.90 Å². The SMILES string of the molecule is CCCC(=O)CC(=O)[O-].[K+]. The summed E-state index contributed by atoms with van der Waals surface area (Å²) in [4.78, 5) is 20.2. The molecule has 0 heterocycles. The molecule has 0 aliphatic heterocycles. The molecule has 0 aromatic rings. The number of rotatable bonds is 4. The second kappa shape index (κ2) is 7.88. The largest absolute Gasteiger partial charge is 1.00 e. The van der Waals surface area contributed by atoms with E-state index in [0.29, 0.717) is 12.8 Å². The summed E-state index contributed by atoms with van der Waals surface area (Å²) in [7, 11) is 0. The molecule has 4 heteroatoms. The van der Waals surface area contributed by atoms with Crippen molar-refractivity contribution in [2.24, 2.45) is 0 Å². The summed E-state index contributed by atoms with van der Waals surface area (Å²) < 4.78 is 0. The predicted molar refractivity (Wildman–Crippen MR) is 29.5 cm³/mol. The summed E-state index contributed by atoms with van der Waals surface area (Å²) in [6, 6.07) is 0. The Kier molecular flexibility index (Phi) is 10.5. The Morgan fingerprint density at radius 2 is 1.90 bits per heavy atom. The third kappa shape index (κ3) is 8.78. The molecule has 0 aliphatic carbocycles. The van der Waals surface area contributed by atoms with E-state index in [2.05, 4.69) is 0 Å². The monoisotopic (exact) mass is 168 g/mol. The second-order valence-corrected chi connectivity index (χ2v) is 1.84. The number of hydrogen-bond donors (Lipinski definition) is 0. The molecule has 0 spiro atoms. The quantitative estimate of drug-likeness (QED) is 0.323. The minimum Gasteiger partial charge on any atom is -0.550 e. The van der Waals surface area contributed by atoms with Crippen molar-refractivity contribution >= 4 is 11.8 Å². The number of hydrogen-bond acceptors (Lipinski definition) is 3. The van der Waals surface area contributed by atoms with Crippen LogP contribution in [-0.2, 0) is 9.59 Å². The molecule has 0 bridgehead atoms. The van der Waals surface area contributed by atoms with Crippen LogP contribution in [-0.4, -0.2) is 11.8 Å². The average Bonchev–Trinajstić information content (AvgIpc) is 1.63. The van der Waals surface area contributed by atoms with Crippen molar-refractivity contribution in [2.45, 2.75) is 26.2 Å². The molecule has 0 saturated heterocycles. The normalized spacial score (nSPS) is 8.10. The minimum absolute atomic E-state index is 0. The van der Waals surface area contributed by atoms with Crippen LogP contribution < -0.4 is 56.5 Å². The molecule has 0 aliphatic rings. The molecule has 0 aromatic heterocycles. The van der Waals surface area contributed by atoms with Crippen molar-refractivity contribution < 1.29 is 66.1 Å². The number of aliphatic carboxylic acids is 1. The van der Waals surface area contributed by atoms with Crippen LogP contribution in [0.15, 0.2) is 0 Å². The van der Waals surface area contributed by atoms with E-state index in [-0.39, 0.29) is 57.2 Å². The molecule has 3 nitrogen and oxygen atoms in total. The molecule has 0 N–H and O–H groups in total. The molecule has 0 unspecified atom stereocenters. The van der Waals surface area contributed by atoms with Gasteiger partial charge in [0.05, 0.1) is 0 Å². The van der Waals surface area contributed by atoms with Gasteiger partial charge in [0.1, 0.15) is 5.78 Å². The van der Waals surface area contributed by atoms with Gasteiger partial charge in [-0.25, -0.2) is 0 Å². The predicted octanol–water partition coefficient (Wildman–Crippen LogP) is -3.50. The van der Waals surface area contributed by atoms with Gasteiger partial charge in [0.2, 0.25) is 0 Å². The summed E-state index contributed by atoms with van der Waals surface area (Å²) in [5.41, 5.74) is 0. The minimum atomic E-state index is -1.28. The smallest absolute Gasteiger partial charge is 0.550 e. The van der Waals surface area contributed by atoms with Crippen LogP contribution in [0.5, 0.6) is 0 Å². The van der Waals surface area contributed by atoms with Crippen molar-refractivity contribution in [1.82, 2.24) is 0 Å². The second-order valence-electron chi connectivity index (χ2n) is 1.84. The number of ketones is 1. The Balaban J connectivity index is 0. The number of carbonyl (C=O) groups is 2. The Morgan fingerprint density at radius 1 is 1.40 bits per heavy atom. The van der Waals surface area contributed by atoms with E-state index in [0.717, 1.165) is 0 Å². The number of carbonyl (C=O) groups excluding carboxylic acids is 2. The number of Topliss-reactive ketones (excluding diaryl/α,β-unsaturated/α-hetero) is 1. The first-order valence-corrected chi connectivity index (χ1v) is 2.88. The van der Waals surface area contributed by atoms with Crippen LogP contribution >= 0.6 is 0 Å². The van der Waals surface area contributed by atoms with Crippen LogP contribution in [0.4, 0.5) is 0 Å². The van der Waals surface area contributed by atoms with Crippen molar-refractivity contribution in [1.29, 1.82) is 0 Å². The first kappa shape index (κ1) is 13.4. The van der Waals surface area contributed by atoms with Gasteiger partial charge in [0.15, 0.2) is 0 Å². The molecule has 52 valence electrons. The fourth-order valence-corrected chi connectivity index (χ4v) is 0.528. The molecule has 0 radical (unpaired) electrons. The molecule has 0 rings (SSSR count). The van der Waals surface area contributed by atoms with Crippen LogP contribution in [0, 0.1) is 0 Å². The van der Waals surface area contributed by atoms with Gasteiger partial charge in [-0.05, 0) is 6.42 Å². The zero-order valence-electron chi connectivity index (χ0n) is 6.35. The van der Waals surface area contributed by atoms with Crippen molar-refractivity contribution in [3.8, 4) is 0 Å². The zero-order valence-corrected chi connectivity index (χ0v) is 9.47. The summed E-state index contributed by atoms with van der Waals surface area (Å²) in [5, 5.41) is 9.75. The Morgan fingerprint density at radius 3 is 2.20 bits per heavy atom. The zero-order chi connectivity index (χ0) is 7.28. The first-order valence-electron chi connectivity index (χ1n) is 2.88. The Hall–Kier alpha value is 0.776. The molecule has 0 atom stereocenters. The van der Waals surface area contributed by atoms with E-state index in [9.17, 15) is 14.7 Å². The van der Waals surface area contributed by atoms with Gasteiger partial charge in [-0.1, -0.05) is 6.92 Å². The van der Waals surface area contributed by atoms with Crippen molar-refractivity contribution in [3.05, 3.63) is 0 Å². The molecule has 0 aromatic carbocycles. The maximum Gasteiger partial charge on any atom is 1.00 e. The summed E-state index contributed by atoms with van der Waals surface area (Å²) in [6.45, 7) is 1.83. The maximum absolute atomic E-state index is 10.4. The van der Waals surface area contributed by atoms with E-state index in [1.54, 1.807) is 0 Å². The van der Waals surface area contributed by atoms with Crippen LogP contribution in [0.1, 0.15) is 26.2 Å². The summed E-state index contributed by atoms with van der Waals surface area (Å²) >= 11 is 0. The molecule has 0 saturated carbocycles. The van der Waals surface area contributed by atoms with Gasteiger partial charge in [-0.2, -0.15) is 0 Å². The molecule has 10 heavy (non-hydrogen) atoms. The van der Waals surface area contributed by atoms with Gasteiger partial charge in [-0.15, -0.1) is 0 Å². The van der Waals surface area contributed by atoms with Crippen LogP contribution in [0.2, 0.25) is 0 Å².